The Morgan fingerprint density at radius 1 is 1.00 bits per heavy atom. The molecule has 0 aliphatic carbocycles. The number of alkyl halides is 3. The lowest BCUT2D eigenvalue weighted by Crippen LogP contribution is -2.26. The van der Waals surface area contributed by atoms with E-state index in [2.05, 4.69) is 26.7 Å². The molecular weight excluding hydrogens is 545 g/mol. The monoisotopic (exact) mass is 566 g/mol. The minimum atomic E-state index is -4.43. The van der Waals surface area contributed by atoms with Gasteiger partial charge in [0.25, 0.3) is 5.56 Å². The van der Waals surface area contributed by atoms with Crippen molar-refractivity contribution in [2.45, 2.75) is 23.7 Å². The van der Waals surface area contributed by atoms with Gasteiger partial charge in [0, 0.05) is 11.3 Å². The maximum absolute atomic E-state index is 13.6. The van der Waals surface area contributed by atoms with Crippen molar-refractivity contribution in [1.82, 2.24) is 29.4 Å². The SMILES string of the molecule is C=Cc1cnn2nc(SCc3ccc(C(F)(F)F)cc3)n(-c3cnc(OCc4ccc(OC)cc4)cn3)c(=O)c12. The van der Waals surface area contributed by atoms with Gasteiger partial charge in [0.15, 0.2) is 16.5 Å². The second-order valence-electron chi connectivity index (χ2n) is 8.40. The van der Waals surface area contributed by atoms with Crippen molar-refractivity contribution in [1.29, 1.82) is 0 Å². The summed E-state index contributed by atoms with van der Waals surface area (Å²) in [5.74, 6) is 1.40. The minimum Gasteiger partial charge on any atom is -0.497 e. The van der Waals surface area contributed by atoms with Crippen molar-refractivity contribution in [2.75, 3.05) is 7.11 Å². The zero-order chi connectivity index (χ0) is 28.3. The highest BCUT2D eigenvalue weighted by atomic mass is 32.2. The van der Waals surface area contributed by atoms with E-state index in [1.54, 1.807) is 7.11 Å². The third-order valence-electron chi connectivity index (χ3n) is 5.82. The molecule has 0 unspecified atom stereocenters. The van der Waals surface area contributed by atoms with Crippen LogP contribution in [0.25, 0.3) is 17.4 Å². The number of nitrogens with zero attached hydrogens (tertiary/aromatic N) is 6. The van der Waals surface area contributed by atoms with Crippen LogP contribution < -0.4 is 15.0 Å². The zero-order valence-corrected chi connectivity index (χ0v) is 21.8. The summed E-state index contributed by atoms with van der Waals surface area (Å²) >= 11 is 1.14. The van der Waals surface area contributed by atoms with Crippen molar-refractivity contribution in [2.24, 2.45) is 0 Å². The van der Waals surface area contributed by atoms with Crippen LogP contribution in [0.4, 0.5) is 13.2 Å². The molecule has 0 aliphatic heterocycles. The number of hydrogen-bond acceptors (Lipinski definition) is 8. The molecule has 3 heterocycles. The first-order chi connectivity index (χ1) is 19.3. The quantitative estimate of drug-likeness (QED) is 0.224. The second kappa shape index (κ2) is 11.2. The molecular formula is C27H21F3N6O3S. The molecule has 9 nitrogen and oxygen atoms in total. The molecule has 5 aromatic rings. The molecule has 0 N–H and O–H groups in total. The van der Waals surface area contributed by atoms with E-state index in [-0.39, 0.29) is 34.7 Å². The average molecular weight is 567 g/mol. The van der Waals surface area contributed by atoms with Crippen LogP contribution in [0.3, 0.4) is 0 Å². The van der Waals surface area contributed by atoms with Gasteiger partial charge in [0.05, 0.1) is 31.3 Å². The van der Waals surface area contributed by atoms with Crippen molar-refractivity contribution in [3.05, 3.63) is 106 Å². The van der Waals surface area contributed by atoms with Gasteiger partial charge < -0.3 is 9.47 Å². The lowest BCUT2D eigenvalue weighted by atomic mass is 10.1. The lowest BCUT2D eigenvalue weighted by Gasteiger charge is -2.12. The number of aromatic nitrogens is 6. The molecule has 0 aliphatic rings. The lowest BCUT2D eigenvalue weighted by molar-refractivity contribution is -0.137. The molecule has 40 heavy (non-hydrogen) atoms. The first-order valence-electron chi connectivity index (χ1n) is 11.8. The normalized spacial score (nSPS) is 11.5. The fourth-order valence-corrected chi connectivity index (χ4v) is 4.64. The van der Waals surface area contributed by atoms with E-state index in [0.717, 1.165) is 35.2 Å². The number of benzene rings is 2. The van der Waals surface area contributed by atoms with E-state index in [4.69, 9.17) is 9.47 Å². The molecule has 0 saturated heterocycles. The van der Waals surface area contributed by atoms with Crippen LogP contribution >= 0.6 is 11.8 Å². The fourth-order valence-electron chi connectivity index (χ4n) is 3.72. The predicted molar refractivity (Wildman–Crippen MR) is 143 cm³/mol. The molecule has 0 spiro atoms. The van der Waals surface area contributed by atoms with Gasteiger partial charge in [-0.2, -0.15) is 18.3 Å². The first kappa shape index (κ1) is 26.9. The second-order valence-corrected chi connectivity index (χ2v) is 9.34. The number of hydrogen-bond donors (Lipinski definition) is 0. The van der Waals surface area contributed by atoms with Gasteiger partial charge >= 0.3 is 6.18 Å². The molecule has 2 aromatic carbocycles. The van der Waals surface area contributed by atoms with Crippen LogP contribution in [0.2, 0.25) is 0 Å². The van der Waals surface area contributed by atoms with E-state index in [1.165, 1.54) is 46.0 Å². The molecule has 0 bridgehead atoms. The highest BCUT2D eigenvalue weighted by molar-refractivity contribution is 7.98. The number of rotatable bonds is 9. The molecule has 13 heteroatoms. The van der Waals surface area contributed by atoms with Crippen LogP contribution in [0, 0.1) is 0 Å². The van der Waals surface area contributed by atoms with Crippen LogP contribution in [-0.2, 0) is 18.5 Å². The van der Waals surface area contributed by atoms with E-state index in [9.17, 15) is 18.0 Å². The van der Waals surface area contributed by atoms with Crippen LogP contribution in [0.5, 0.6) is 11.6 Å². The number of fused-ring (bicyclic) bond motifs is 1. The summed E-state index contributed by atoms with van der Waals surface area (Å²) in [6.07, 6.45) is 1.31. The predicted octanol–water partition coefficient (Wildman–Crippen LogP) is 5.21. The maximum Gasteiger partial charge on any atom is 0.416 e. The third kappa shape index (κ3) is 5.69. The summed E-state index contributed by atoms with van der Waals surface area (Å²) in [4.78, 5) is 22.2. The molecule has 0 radical (unpaired) electrons. The largest absolute Gasteiger partial charge is 0.497 e. The Bertz CT molecular complexity index is 1700. The Balaban J connectivity index is 1.42. The summed E-state index contributed by atoms with van der Waals surface area (Å²) in [6, 6.07) is 12.2. The Morgan fingerprint density at radius 3 is 2.35 bits per heavy atom. The fraction of sp³-hybridized carbons (Fsp3) is 0.148. The van der Waals surface area contributed by atoms with Crippen molar-refractivity contribution < 1.29 is 22.6 Å². The number of halogens is 3. The molecule has 0 amide bonds. The smallest absolute Gasteiger partial charge is 0.416 e. The zero-order valence-electron chi connectivity index (χ0n) is 21.0. The van der Waals surface area contributed by atoms with Crippen molar-refractivity contribution in [3.63, 3.8) is 0 Å². The Labute approximate surface area is 229 Å². The van der Waals surface area contributed by atoms with E-state index in [1.807, 2.05) is 24.3 Å². The van der Waals surface area contributed by atoms with Crippen LogP contribution in [0.1, 0.15) is 22.3 Å². The topological polar surface area (TPSA) is 96.4 Å². The van der Waals surface area contributed by atoms with Crippen LogP contribution in [0.15, 0.2) is 83.7 Å². The molecule has 204 valence electrons. The summed E-state index contributed by atoms with van der Waals surface area (Å²) in [5, 5.41) is 8.82. The molecule has 0 fully saturated rings. The summed E-state index contributed by atoms with van der Waals surface area (Å²) in [5.41, 5.74) is 0.986. The van der Waals surface area contributed by atoms with E-state index < -0.39 is 17.3 Å². The molecule has 5 rings (SSSR count). The summed E-state index contributed by atoms with van der Waals surface area (Å²) in [6.45, 7) is 3.97. The molecule has 3 aromatic heterocycles. The summed E-state index contributed by atoms with van der Waals surface area (Å²) < 4.78 is 52.1. The number of ether oxygens (including phenoxy) is 2. The highest BCUT2D eigenvalue weighted by Crippen LogP contribution is 2.30. The average Bonchev–Trinajstić information content (AvgIpc) is 3.39. The van der Waals surface area contributed by atoms with Gasteiger partial charge in [-0.3, -0.25) is 4.79 Å². The van der Waals surface area contributed by atoms with Gasteiger partial charge in [-0.15, -0.1) is 9.73 Å². The van der Waals surface area contributed by atoms with Crippen molar-refractivity contribution >= 4 is 23.4 Å². The van der Waals surface area contributed by atoms with Gasteiger partial charge in [-0.25, -0.2) is 14.5 Å². The summed E-state index contributed by atoms with van der Waals surface area (Å²) in [7, 11) is 1.59. The van der Waals surface area contributed by atoms with Gasteiger partial charge in [0.2, 0.25) is 5.88 Å². The standard InChI is InChI=1S/C27H21F3N6O3S/c1-3-19-12-33-36-24(19)25(37)35(26(34-36)40-16-18-4-8-20(9-5-18)27(28,29)30)22-13-32-23(14-31-22)39-15-17-6-10-21(38-2)11-7-17/h3-14H,1,15-16H2,2H3. The Hall–Kier alpha value is -4.65. The Kier molecular flexibility index (Phi) is 7.56. The third-order valence-corrected chi connectivity index (χ3v) is 6.82. The minimum absolute atomic E-state index is 0.183. The molecule has 0 atom stereocenters. The number of methoxy groups -OCH3 is 1. The van der Waals surface area contributed by atoms with Gasteiger partial charge in [-0.05, 0) is 35.4 Å². The van der Waals surface area contributed by atoms with Gasteiger partial charge in [-0.1, -0.05) is 48.7 Å². The van der Waals surface area contributed by atoms with Crippen LogP contribution in [-0.4, -0.2) is 36.5 Å². The van der Waals surface area contributed by atoms with E-state index >= 15 is 0 Å². The van der Waals surface area contributed by atoms with Gasteiger partial charge in [0.1, 0.15) is 12.4 Å². The maximum atomic E-state index is 13.6. The number of thioether (sulfide) groups is 1. The Morgan fingerprint density at radius 2 is 1.73 bits per heavy atom. The highest BCUT2D eigenvalue weighted by Gasteiger charge is 2.30. The van der Waals surface area contributed by atoms with E-state index in [0.29, 0.717) is 11.1 Å². The molecule has 0 saturated carbocycles. The van der Waals surface area contributed by atoms with Crippen molar-refractivity contribution in [3.8, 4) is 17.4 Å². The first-order valence-corrected chi connectivity index (χ1v) is 12.8.